The molecule has 0 aromatic heterocycles. The zero-order valence-corrected chi connectivity index (χ0v) is 26.6. The molecule has 0 N–H and O–H groups in total. The second kappa shape index (κ2) is 15.2. The van der Waals surface area contributed by atoms with Crippen molar-refractivity contribution in [1.29, 1.82) is 0 Å². The molecule has 0 spiro atoms. The summed E-state index contributed by atoms with van der Waals surface area (Å²) in [4.78, 5) is 49.5. The topological polar surface area (TPSA) is 124 Å². The fourth-order valence-corrected chi connectivity index (χ4v) is 4.19. The first kappa shape index (κ1) is 34.6. The minimum atomic E-state index is -1.02. The summed E-state index contributed by atoms with van der Waals surface area (Å²) in [6, 6.07) is 16.7. The first-order chi connectivity index (χ1) is 20.6. The lowest BCUT2D eigenvalue weighted by Gasteiger charge is -2.40. The van der Waals surface area contributed by atoms with Crippen molar-refractivity contribution in [3.8, 4) is 5.75 Å². The van der Waals surface area contributed by atoms with Gasteiger partial charge in [-0.2, -0.15) is 0 Å². The molecule has 0 radical (unpaired) electrons. The zero-order valence-electron chi connectivity index (χ0n) is 26.6. The zero-order chi connectivity index (χ0) is 32.5. The highest BCUT2D eigenvalue weighted by atomic mass is 16.7. The maximum Gasteiger partial charge on any atom is 0.311 e. The Morgan fingerprint density at radius 1 is 0.795 bits per heavy atom. The summed E-state index contributed by atoms with van der Waals surface area (Å²) in [6.45, 7) is 11.6. The molecule has 44 heavy (non-hydrogen) atoms. The van der Waals surface area contributed by atoms with E-state index in [2.05, 4.69) is 0 Å². The normalized spacial score (nSPS) is 20.2. The summed E-state index contributed by atoms with van der Waals surface area (Å²) in [7, 11) is 0. The van der Waals surface area contributed by atoms with Crippen LogP contribution in [0.25, 0.3) is 0 Å². The van der Waals surface area contributed by atoms with Crippen LogP contribution in [0.2, 0.25) is 0 Å². The van der Waals surface area contributed by atoms with Gasteiger partial charge < -0.3 is 28.4 Å². The van der Waals surface area contributed by atoms with E-state index in [4.69, 9.17) is 28.4 Å². The highest BCUT2D eigenvalue weighted by Gasteiger charge is 2.46. The molecule has 1 aliphatic rings. The van der Waals surface area contributed by atoms with Crippen LogP contribution in [0.1, 0.15) is 72.4 Å². The third kappa shape index (κ3) is 11.0. The van der Waals surface area contributed by atoms with Gasteiger partial charge in [0.1, 0.15) is 31.2 Å². The van der Waals surface area contributed by atoms with Crippen LogP contribution in [0.3, 0.4) is 0 Å². The maximum atomic E-state index is 12.8. The van der Waals surface area contributed by atoms with E-state index in [1.165, 1.54) is 6.92 Å². The van der Waals surface area contributed by atoms with Crippen molar-refractivity contribution in [2.75, 3.05) is 6.61 Å². The van der Waals surface area contributed by atoms with E-state index in [0.29, 0.717) is 12.2 Å². The van der Waals surface area contributed by atoms with E-state index in [1.54, 1.807) is 53.7 Å². The number of hydrogen-bond donors (Lipinski definition) is 0. The van der Waals surface area contributed by atoms with Gasteiger partial charge >= 0.3 is 23.9 Å². The average Bonchev–Trinajstić information content (AvgIpc) is 2.95. The number of aryl methyl sites for hydroxylation is 1. The van der Waals surface area contributed by atoms with Crippen molar-refractivity contribution >= 4 is 23.9 Å². The summed E-state index contributed by atoms with van der Waals surface area (Å²) in [6.07, 6.45) is -3.01. The second-order valence-electron chi connectivity index (χ2n) is 12.9. The quantitative estimate of drug-likeness (QED) is 0.243. The lowest BCUT2D eigenvalue weighted by Crippen LogP contribution is -2.55. The molecule has 0 aliphatic carbocycles. The summed E-state index contributed by atoms with van der Waals surface area (Å²) in [5.41, 5.74) is 0.266. The van der Waals surface area contributed by atoms with Gasteiger partial charge in [-0.3, -0.25) is 19.2 Å². The molecule has 2 aromatic carbocycles. The Kier molecular flexibility index (Phi) is 11.9. The number of ether oxygens (including phenoxy) is 6. The van der Waals surface area contributed by atoms with Crippen LogP contribution in [0.5, 0.6) is 5.75 Å². The van der Waals surface area contributed by atoms with Gasteiger partial charge in [0.05, 0.1) is 17.3 Å². The number of hydrogen-bond acceptors (Lipinski definition) is 10. The average molecular weight is 613 g/mol. The molecule has 10 nitrogen and oxygen atoms in total. The largest absolute Gasteiger partial charge is 0.465 e. The van der Waals surface area contributed by atoms with Gasteiger partial charge in [-0.25, -0.2) is 0 Å². The molecule has 0 bridgehead atoms. The first-order valence-corrected chi connectivity index (χ1v) is 14.8. The van der Waals surface area contributed by atoms with Crippen LogP contribution in [-0.2, 0) is 55.9 Å². The molecule has 10 heteroatoms. The first-order valence-electron chi connectivity index (χ1n) is 14.8. The molecule has 1 aliphatic heterocycles. The molecule has 0 amide bonds. The minimum Gasteiger partial charge on any atom is -0.465 e. The summed E-state index contributed by atoms with van der Waals surface area (Å²) >= 11 is 0. The van der Waals surface area contributed by atoms with E-state index < -0.39 is 53.3 Å². The Labute approximate surface area is 259 Å². The van der Waals surface area contributed by atoms with Crippen molar-refractivity contribution in [2.24, 2.45) is 10.8 Å². The fraction of sp³-hybridized carbons (Fsp3) is 0.529. The predicted molar refractivity (Wildman–Crippen MR) is 160 cm³/mol. The van der Waals surface area contributed by atoms with Gasteiger partial charge in [-0.1, -0.05) is 42.5 Å². The SMILES string of the molecule is CC(=O)O[C@H]1[C@H](OC(=O)C(C)(C)C)C[C@H](Oc2ccc(CCC(=O)OCc3ccccc3)cc2)O[C@@H]1COC(=O)C(C)(C)C. The van der Waals surface area contributed by atoms with Crippen LogP contribution in [-0.4, -0.2) is 55.1 Å². The molecular formula is C34H44O10. The Morgan fingerprint density at radius 2 is 1.43 bits per heavy atom. The van der Waals surface area contributed by atoms with Crippen LogP contribution in [0, 0.1) is 10.8 Å². The molecule has 2 aromatic rings. The van der Waals surface area contributed by atoms with Crippen LogP contribution < -0.4 is 4.74 Å². The molecule has 1 fully saturated rings. The number of rotatable bonds is 11. The van der Waals surface area contributed by atoms with E-state index in [-0.39, 0.29) is 32.0 Å². The van der Waals surface area contributed by atoms with Gasteiger partial charge in [-0.15, -0.1) is 0 Å². The van der Waals surface area contributed by atoms with Crippen molar-refractivity contribution in [3.63, 3.8) is 0 Å². The summed E-state index contributed by atoms with van der Waals surface area (Å²) in [5, 5.41) is 0. The van der Waals surface area contributed by atoms with Gasteiger partial charge in [0.25, 0.3) is 0 Å². The highest BCUT2D eigenvalue weighted by Crippen LogP contribution is 2.31. The van der Waals surface area contributed by atoms with Gasteiger partial charge in [0.2, 0.25) is 6.29 Å². The highest BCUT2D eigenvalue weighted by molar-refractivity contribution is 5.76. The molecule has 1 heterocycles. The van der Waals surface area contributed by atoms with Gasteiger partial charge in [0.15, 0.2) is 6.10 Å². The van der Waals surface area contributed by atoms with Gasteiger partial charge in [-0.05, 0) is 71.2 Å². The molecule has 3 rings (SSSR count). The number of carbonyl (C=O) groups is 4. The Balaban J connectivity index is 1.67. The molecule has 0 saturated carbocycles. The summed E-state index contributed by atoms with van der Waals surface area (Å²) < 4.78 is 34.4. The third-order valence-corrected chi connectivity index (χ3v) is 6.70. The van der Waals surface area contributed by atoms with E-state index in [9.17, 15) is 19.2 Å². The molecule has 4 atom stereocenters. The van der Waals surface area contributed by atoms with E-state index in [0.717, 1.165) is 11.1 Å². The van der Waals surface area contributed by atoms with E-state index >= 15 is 0 Å². The molecule has 0 unspecified atom stereocenters. The van der Waals surface area contributed by atoms with Gasteiger partial charge in [0, 0.05) is 13.3 Å². The third-order valence-electron chi connectivity index (χ3n) is 6.70. The standard InChI is InChI=1S/C34H44O10/c1-22(35)41-30-26(44-32(38)34(5,6)7)19-29(43-27(30)21-40-31(37)33(2,3)4)42-25-16-13-23(14-17-25)15-18-28(36)39-20-24-11-9-8-10-12-24/h8-14,16-17,26-27,29-30H,15,18-21H2,1-7H3/t26-,27-,29-,30+/m1/s1. The fourth-order valence-electron chi connectivity index (χ4n) is 4.19. The monoisotopic (exact) mass is 612 g/mol. The molecule has 1 saturated heterocycles. The lowest BCUT2D eigenvalue weighted by molar-refractivity contribution is -0.248. The van der Waals surface area contributed by atoms with Crippen molar-refractivity contribution in [1.82, 2.24) is 0 Å². The molecular weight excluding hydrogens is 568 g/mol. The number of benzene rings is 2. The predicted octanol–water partition coefficient (Wildman–Crippen LogP) is 5.34. The van der Waals surface area contributed by atoms with Crippen LogP contribution >= 0.6 is 0 Å². The van der Waals surface area contributed by atoms with Crippen molar-refractivity contribution in [2.45, 2.75) is 98.9 Å². The Morgan fingerprint density at radius 3 is 2.02 bits per heavy atom. The summed E-state index contributed by atoms with van der Waals surface area (Å²) in [5.74, 6) is -1.36. The van der Waals surface area contributed by atoms with Crippen molar-refractivity contribution < 1.29 is 47.6 Å². The number of esters is 4. The Bertz CT molecular complexity index is 1260. The second-order valence-corrected chi connectivity index (χ2v) is 12.9. The van der Waals surface area contributed by atoms with Crippen LogP contribution in [0.15, 0.2) is 54.6 Å². The van der Waals surface area contributed by atoms with Crippen LogP contribution in [0.4, 0.5) is 0 Å². The van der Waals surface area contributed by atoms with E-state index in [1.807, 2.05) is 42.5 Å². The lowest BCUT2D eigenvalue weighted by atomic mass is 9.95. The maximum absolute atomic E-state index is 12.8. The smallest absolute Gasteiger partial charge is 0.311 e. The Hall–Kier alpha value is -3.92. The molecule has 240 valence electrons. The van der Waals surface area contributed by atoms with Crippen molar-refractivity contribution in [3.05, 3.63) is 65.7 Å². The minimum absolute atomic E-state index is 0.0679. The number of carbonyl (C=O) groups excluding carboxylic acids is 4.